The first-order valence-electron chi connectivity index (χ1n) is 4.58. The van der Waals surface area contributed by atoms with E-state index in [0.29, 0.717) is 5.69 Å². The van der Waals surface area contributed by atoms with Gasteiger partial charge in [0.1, 0.15) is 0 Å². The minimum atomic E-state index is -1.05. The molecule has 0 atom stereocenters. The second-order valence-corrected chi connectivity index (χ2v) is 3.23. The fourth-order valence-corrected chi connectivity index (χ4v) is 1.34. The highest BCUT2D eigenvalue weighted by Crippen LogP contribution is 2.15. The summed E-state index contributed by atoms with van der Waals surface area (Å²) in [7, 11) is 0. The topological polar surface area (TPSA) is 74.7 Å². The van der Waals surface area contributed by atoms with Crippen molar-refractivity contribution in [3.63, 3.8) is 0 Å². The van der Waals surface area contributed by atoms with E-state index in [1.54, 1.807) is 0 Å². The van der Waals surface area contributed by atoms with E-state index in [0.717, 1.165) is 4.90 Å². The van der Waals surface area contributed by atoms with Crippen LogP contribution in [0.5, 0.6) is 0 Å². The van der Waals surface area contributed by atoms with Crippen LogP contribution < -0.4 is 4.90 Å². The predicted molar refractivity (Wildman–Crippen MR) is 57.2 cm³/mol. The van der Waals surface area contributed by atoms with Crippen LogP contribution in [-0.4, -0.2) is 22.9 Å². The van der Waals surface area contributed by atoms with Crippen molar-refractivity contribution in [1.82, 2.24) is 0 Å². The summed E-state index contributed by atoms with van der Waals surface area (Å²) < 4.78 is 0. The summed E-state index contributed by atoms with van der Waals surface area (Å²) >= 11 is 0. The SMILES string of the molecule is CC(=O)N(C(C)=O)c1ccc(C(=O)O)cc1. The summed E-state index contributed by atoms with van der Waals surface area (Å²) in [5.74, 6) is -1.87. The van der Waals surface area contributed by atoms with Crippen molar-refractivity contribution in [3.8, 4) is 0 Å². The Balaban J connectivity index is 3.08. The number of anilines is 1. The van der Waals surface area contributed by atoms with Crippen molar-refractivity contribution in [2.24, 2.45) is 0 Å². The summed E-state index contributed by atoms with van der Waals surface area (Å²) in [6.07, 6.45) is 0. The molecule has 0 spiro atoms. The molecule has 1 aromatic rings. The highest BCUT2D eigenvalue weighted by atomic mass is 16.4. The second-order valence-electron chi connectivity index (χ2n) is 3.23. The maximum atomic E-state index is 11.2. The van der Waals surface area contributed by atoms with Crippen molar-refractivity contribution < 1.29 is 19.5 Å². The molecule has 0 heterocycles. The zero-order chi connectivity index (χ0) is 12.3. The zero-order valence-electron chi connectivity index (χ0n) is 8.93. The highest BCUT2D eigenvalue weighted by Gasteiger charge is 2.16. The van der Waals surface area contributed by atoms with Crippen LogP contribution in [0.15, 0.2) is 24.3 Å². The molecular formula is C11H11NO4. The van der Waals surface area contributed by atoms with Crippen molar-refractivity contribution >= 4 is 23.5 Å². The molecule has 0 radical (unpaired) electrons. The van der Waals surface area contributed by atoms with Crippen LogP contribution in [-0.2, 0) is 9.59 Å². The molecule has 1 aromatic carbocycles. The van der Waals surface area contributed by atoms with Crippen molar-refractivity contribution in [2.45, 2.75) is 13.8 Å². The largest absolute Gasteiger partial charge is 0.478 e. The fraction of sp³-hybridized carbons (Fsp3) is 0.182. The Morgan fingerprint density at radius 2 is 1.44 bits per heavy atom. The maximum Gasteiger partial charge on any atom is 0.335 e. The summed E-state index contributed by atoms with van der Waals surface area (Å²) in [5, 5.41) is 8.69. The molecule has 0 saturated carbocycles. The van der Waals surface area contributed by atoms with E-state index in [1.807, 2.05) is 0 Å². The number of imide groups is 1. The van der Waals surface area contributed by atoms with Crippen LogP contribution in [0.25, 0.3) is 0 Å². The Morgan fingerprint density at radius 1 is 1.00 bits per heavy atom. The number of carboxylic acid groups (broad SMARTS) is 1. The van der Waals surface area contributed by atoms with E-state index < -0.39 is 17.8 Å². The smallest absolute Gasteiger partial charge is 0.335 e. The summed E-state index contributed by atoms with van der Waals surface area (Å²) in [6.45, 7) is 2.54. The van der Waals surface area contributed by atoms with Crippen LogP contribution in [0.3, 0.4) is 0 Å². The molecule has 0 aliphatic heterocycles. The van der Waals surface area contributed by atoms with Crippen molar-refractivity contribution in [2.75, 3.05) is 4.90 Å². The van der Waals surface area contributed by atoms with Gasteiger partial charge in [-0.1, -0.05) is 0 Å². The zero-order valence-corrected chi connectivity index (χ0v) is 8.93. The molecule has 1 N–H and O–H groups in total. The number of rotatable bonds is 2. The van der Waals surface area contributed by atoms with Crippen LogP contribution >= 0.6 is 0 Å². The summed E-state index contributed by atoms with van der Waals surface area (Å²) in [6, 6.07) is 5.53. The molecule has 0 saturated heterocycles. The van der Waals surface area contributed by atoms with Gasteiger partial charge in [0, 0.05) is 13.8 Å². The summed E-state index contributed by atoms with van der Waals surface area (Å²) in [4.78, 5) is 34.0. The molecule has 5 nitrogen and oxygen atoms in total. The molecule has 0 bridgehead atoms. The van der Waals surface area contributed by atoms with Crippen LogP contribution in [0.1, 0.15) is 24.2 Å². The van der Waals surface area contributed by atoms with E-state index in [9.17, 15) is 14.4 Å². The molecule has 5 heteroatoms. The normalized spacial score (nSPS) is 9.62. The van der Waals surface area contributed by atoms with E-state index in [-0.39, 0.29) is 5.56 Å². The van der Waals surface area contributed by atoms with E-state index in [1.165, 1.54) is 38.1 Å². The van der Waals surface area contributed by atoms with Crippen LogP contribution in [0.4, 0.5) is 5.69 Å². The van der Waals surface area contributed by atoms with Gasteiger partial charge in [-0.05, 0) is 24.3 Å². The lowest BCUT2D eigenvalue weighted by molar-refractivity contribution is -0.124. The number of carbonyl (C=O) groups excluding carboxylic acids is 2. The van der Waals surface area contributed by atoms with Gasteiger partial charge in [-0.15, -0.1) is 0 Å². The first-order chi connectivity index (χ1) is 7.43. The molecular weight excluding hydrogens is 210 g/mol. The molecule has 1 rings (SSSR count). The van der Waals surface area contributed by atoms with Crippen LogP contribution in [0.2, 0.25) is 0 Å². The summed E-state index contributed by atoms with van der Waals surface area (Å²) in [5.41, 5.74) is 0.473. The minimum Gasteiger partial charge on any atom is -0.478 e. The lowest BCUT2D eigenvalue weighted by Crippen LogP contribution is -2.32. The van der Waals surface area contributed by atoms with Crippen molar-refractivity contribution in [3.05, 3.63) is 29.8 Å². The quantitative estimate of drug-likeness (QED) is 0.816. The number of benzene rings is 1. The Kier molecular flexibility index (Phi) is 3.40. The standard InChI is InChI=1S/C11H11NO4/c1-7(13)12(8(2)14)10-5-3-9(4-6-10)11(15)16/h3-6H,1-2H3,(H,15,16). The first kappa shape index (κ1) is 11.9. The molecule has 2 amide bonds. The number of carbonyl (C=O) groups is 3. The van der Waals surface area contributed by atoms with Crippen LogP contribution in [0, 0.1) is 0 Å². The Morgan fingerprint density at radius 3 is 1.75 bits per heavy atom. The number of hydrogen-bond acceptors (Lipinski definition) is 3. The predicted octanol–water partition coefficient (Wildman–Crippen LogP) is 1.28. The molecule has 0 aromatic heterocycles. The molecule has 0 unspecified atom stereocenters. The Bertz CT molecular complexity index is 422. The third-order valence-electron chi connectivity index (χ3n) is 2.00. The lowest BCUT2D eigenvalue weighted by atomic mass is 10.2. The maximum absolute atomic E-state index is 11.2. The molecule has 16 heavy (non-hydrogen) atoms. The number of aromatic carboxylic acids is 1. The Labute approximate surface area is 92.3 Å². The number of hydrogen-bond donors (Lipinski definition) is 1. The molecule has 0 aliphatic rings. The van der Waals surface area contributed by atoms with Gasteiger partial charge in [0.05, 0.1) is 11.3 Å². The Hall–Kier alpha value is -2.17. The van der Waals surface area contributed by atoms with Gasteiger partial charge < -0.3 is 5.11 Å². The van der Waals surface area contributed by atoms with Gasteiger partial charge >= 0.3 is 5.97 Å². The third kappa shape index (κ3) is 2.44. The van der Waals surface area contributed by atoms with Gasteiger partial charge in [0.15, 0.2) is 0 Å². The fourth-order valence-electron chi connectivity index (χ4n) is 1.34. The van der Waals surface area contributed by atoms with E-state index >= 15 is 0 Å². The first-order valence-corrected chi connectivity index (χ1v) is 4.58. The average Bonchev–Trinajstić information content (AvgIpc) is 2.17. The monoisotopic (exact) mass is 221 g/mol. The minimum absolute atomic E-state index is 0.107. The third-order valence-corrected chi connectivity index (χ3v) is 2.00. The van der Waals surface area contributed by atoms with E-state index in [4.69, 9.17) is 5.11 Å². The molecule has 0 fully saturated rings. The van der Waals surface area contributed by atoms with Crippen molar-refractivity contribution in [1.29, 1.82) is 0 Å². The highest BCUT2D eigenvalue weighted by molar-refractivity contribution is 6.13. The van der Waals surface area contributed by atoms with Gasteiger partial charge in [0.25, 0.3) is 0 Å². The molecule has 0 aliphatic carbocycles. The second kappa shape index (κ2) is 4.57. The van der Waals surface area contributed by atoms with Gasteiger partial charge in [-0.25, -0.2) is 4.79 Å². The number of amides is 2. The number of nitrogens with zero attached hydrogens (tertiary/aromatic N) is 1. The van der Waals surface area contributed by atoms with Gasteiger partial charge in [-0.3, -0.25) is 14.5 Å². The lowest BCUT2D eigenvalue weighted by Gasteiger charge is -2.16. The number of carboxylic acids is 1. The van der Waals surface area contributed by atoms with Gasteiger partial charge in [-0.2, -0.15) is 0 Å². The van der Waals surface area contributed by atoms with E-state index in [2.05, 4.69) is 0 Å². The average molecular weight is 221 g/mol. The van der Waals surface area contributed by atoms with Gasteiger partial charge in [0.2, 0.25) is 11.8 Å². The molecule has 84 valence electrons.